The third-order valence-electron chi connectivity index (χ3n) is 2.12. The molecule has 110 valence electrons. The summed E-state index contributed by atoms with van der Waals surface area (Å²) in [4.78, 5) is 11.1. The largest absolute Gasteiger partial charge is 0.462 e. The monoisotopic (exact) mass is 305 g/mol. The summed E-state index contributed by atoms with van der Waals surface area (Å²) < 4.78 is 42.1. The molecule has 3 nitrogen and oxygen atoms in total. The first kappa shape index (κ1) is 16.4. The van der Waals surface area contributed by atoms with Gasteiger partial charge in [-0.05, 0) is 37.7 Å². The summed E-state index contributed by atoms with van der Waals surface area (Å²) in [6, 6.07) is 8.61. The lowest BCUT2D eigenvalue weighted by Gasteiger charge is -2.14. The highest BCUT2D eigenvalue weighted by Crippen LogP contribution is 2.38. The lowest BCUT2D eigenvalue weighted by Crippen LogP contribution is -2.14. The van der Waals surface area contributed by atoms with Gasteiger partial charge in [0.25, 0.3) is 0 Å². The van der Waals surface area contributed by atoms with E-state index < -0.39 is 28.1 Å². The number of alkyl halides is 3. The van der Waals surface area contributed by atoms with Crippen LogP contribution in [0.4, 0.5) is 18.9 Å². The van der Waals surface area contributed by atoms with Gasteiger partial charge in [-0.3, -0.25) is 0 Å². The molecule has 7 heteroatoms. The summed E-state index contributed by atoms with van der Waals surface area (Å²) >= 11 is -0.480. The molecule has 0 spiro atoms. The van der Waals surface area contributed by atoms with E-state index in [2.05, 4.69) is 10.1 Å². The normalized spacial score (nSPS) is 12.7. The molecule has 0 bridgehead atoms. The van der Waals surface area contributed by atoms with Gasteiger partial charge in [0.15, 0.2) is 0 Å². The fraction of sp³-hybridized carbons (Fsp3) is 0.308. The average Bonchev–Trinajstić information content (AvgIpc) is 2.36. The number of ether oxygens (including phenoxy) is 1. The zero-order valence-electron chi connectivity index (χ0n) is 11.0. The number of hydrogen-bond donors (Lipinski definition) is 1. The number of para-hydroxylation sites is 1. The van der Waals surface area contributed by atoms with E-state index in [-0.39, 0.29) is 12.3 Å². The van der Waals surface area contributed by atoms with Crippen molar-refractivity contribution in [1.82, 2.24) is 0 Å². The molecule has 0 aliphatic carbocycles. The Morgan fingerprint density at radius 1 is 1.30 bits per heavy atom. The Bertz CT molecular complexity index is 486. The molecule has 1 aromatic rings. The quantitative estimate of drug-likeness (QED) is 0.655. The number of benzene rings is 1. The van der Waals surface area contributed by atoms with Gasteiger partial charge in [0, 0.05) is 11.4 Å². The lowest BCUT2D eigenvalue weighted by molar-refractivity contribution is -0.137. The van der Waals surface area contributed by atoms with Crippen molar-refractivity contribution >= 4 is 23.4 Å². The summed E-state index contributed by atoms with van der Waals surface area (Å²) in [5.41, 5.74) is -3.87. The maximum atomic E-state index is 12.5. The zero-order chi connectivity index (χ0) is 15.2. The molecular formula is C13H14F3NO2S. The molecule has 1 N–H and O–H groups in total. The van der Waals surface area contributed by atoms with Gasteiger partial charge < -0.3 is 10.1 Å². The Balaban J connectivity index is 2.99. The molecular weight excluding hydrogens is 291 g/mol. The van der Waals surface area contributed by atoms with Crippen LogP contribution >= 0.6 is 11.8 Å². The number of allylic oxidation sites excluding steroid dienone is 1. The molecule has 0 aliphatic heterocycles. The van der Waals surface area contributed by atoms with Gasteiger partial charge in [-0.25, -0.2) is 4.79 Å². The van der Waals surface area contributed by atoms with Crippen LogP contribution in [0.25, 0.3) is 0 Å². The molecule has 0 saturated heterocycles. The summed E-state index contributed by atoms with van der Waals surface area (Å²) in [5, 5.41) is 2.76. The standard InChI is InChI=1S/C13H14F3NO2S/c1-3-19-12(18)11(20-13(14,15)16)9(2)17-10-7-5-4-6-8-10/h4-8,17H,3H2,1-2H3/b11-9-. The van der Waals surface area contributed by atoms with Gasteiger partial charge in [0.05, 0.1) is 6.61 Å². The molecule has 0 fully saturated rings. The van der Waals surface area contributed by atoms with Gasteiger partial charge in [0.1, 0.15) is 4.91 Å². The number of esters is 1. The predicted octanol–water partition coefficient (Wildman–Crippen LogP) is 4.15. The first-order valence-electron chi connectivity index (χ1n) is 5.79. The molecule has 0 radical (unpaired) electrons. The maximum absolute atomic E-state index is 12.5. The number of hydrogen-bond acceptors (Lipinski definition) is 4. The number of carbonyl (C=O) groups is 1. The topological polar surface area (TPSA) is 38.3 Å². The predicted molar refractivity (Wildman–Crippen MR) is 73.0 cm³/mol. The van der Waals surface area contributed by atoms with Gasteiger partial charge >= 0.3 is 11.5 Å². The summed E-state index contributed by atoms with van der Waals surface area (Å²) in [6.07, 6.45) is 0. The van der Waals surface area contributed by atoms with Gasteiger partial charge in [-0.1, -0.05) is 18.2 Å². The van der Waals surface area contributed by atoms with E-state index in [4.69, 9.17) is 0 Å². The van der Waals surface area contributed by atoms with Crippen molar-refractivity contribution in [2.24, 2.45) is 0 Å². The Morgan fingerprint density at radius 3 is 2.40 bits per heavy atom. The lowest BCUT2D eigenvalue weighted by atomic mass is 10.3. The van der Waals surface area contributed by atoms with Crippen molar-refractivity contribution in [2.75, 3.05) is 11.9 Å². The van der Waals surface area contributed by atoms with Gasteiger partial charge in [-0.2, -0.15) is 13.2 Å². The molecule has 0 unspecified atom stereocenters. The number of rotatable bonds is 5. The van der Waals surface area contributed by atoms with E-state index >= 15 is 0 Å². The molecule has 20 heavy (non-hydrogen) atoms. The minimum Gasteiger partial charge on any atom is -0.462 e. The Morgan fingerprint density at radius 2 is 1.90 bits per heavy atom. The third kappa shape index (κ3) is 5.56. The number of anilines is 1. The second-order valence-corrected chi connectivity index (χ2v) is 4.79. The maximum Gasteiger partial charge on any atom is 0.446 e. The molecule has 1 aromatic carbocycles. The van der Waals surface area contributed by atoms with E-state index in [1.165, 1.54) is 13.8 Å². The van der Waals surface area contributed by atoms with E-state index in [1.54, 1.807) is 30.3 Å². The van der Waals surface area contributed by atoms with Crippen LogP contribution in [-0.2, 0) is 9.53 Å². The van der Waals surface area contributed by atoms with Crippen LogP contribution in [0, 0.1) is 0 Å². The van der Waals surface area contributed by atoms with E-state index in [1.807, 2.05) is 0 Å². The zero-order valence-corrected chi connectivity index (χ0v) is 11.8. The van der Waals surface area contributed by atoms with E-state index in [9.17, 15) is 18.0 Å². The van der Waals surface area contributed by atoms with Crippen LogP contribution < -0.4 is 5.32 Å². The first-order valence-corrected chi connectivity index (χ1v) is 6.61. The van der Waals surface area contributed by atoms with Crippen LogP contribution in [-0.4, -0.2) is 18.1 Å². The summed E-state index contributed by atoms with van der Waals surface area (Å²) in [6.45, 7) is 2.95. The first-order chi connectivity index (χ1) is 9.33. The SMILES string of the molecule is CCOC(=O)/C(SC(F)(F)F)=C(\C)Nc1ccccc1. The average molecular weight is 305 g/mol. The Kier molecular flexibility index (Phi) is 5.94. The van der Waals surface area contributed by atoms with Crippen molar-refractivity contribution in [3.05, 3.63) is 40.9 Å². The Labute approximate surface area is 119 Å². The van der Waals surface area contributed by atoms with Crippen LogP contribution in [0.15, 0.2) is 40.9 Å². The highest BCUT2D eigenvalue weighted by atomic mass is 32.2. The third-order valence-corrected chi connectivity index (χ3v) is 3.03. The summed E-state index contributed by atoms with van der Waals surface area (Å²) in [7, 11) is 0. The van der Waals surface area contributed by atoms with E-state index in [0.717, 1.165) is 0 Å². The number of halogens is 3. The van der Waals surface area contributed by atoms with Crippen molar-refractivity contribution in [3.8, 4) is 0 Å². The van der Waals surface area contributed by atoms with Crippen LogP contribution in [0.2, 0.25) is 0 Å². The van der Waals surface area contributed by atoms with Crippen molar-refractivity contribution in [1.29, 1.82) is 0 Å². The second-order valence-electron chi connectivity index (χ2n) is 3.71. The highest BCUT2D eigenvalue weighted by Gasteiger charge is 2.34. The number of thioether (sulfide) groups is 1. The smallest absolute Gasteiger partial charge is 0.446 e. The van der Waals surface area contributed by atoms with Crippen LogP contribution in [0.5, 0.6) is 0 Å². The van der Waals surface area contributed by atoms with E-state index in [0.29, 0.717) is 5.69 Å². The minimum atomic E-state index is -4.55. The molecule has 0 heterocycles. The Hall–Kier alpha value is -1.63. The molecule has 0 atom stereocenters. The molecule has 1 rings (SSSR count). The molecule has 0 amide bonds. The van der Waals surface area contributed by atoms with Crippen molar-refractivity contribution in [3.63, 3.8) is 0 Å². The van der Waals surface area contributed by atoms with Crippen molar-refractivity contribution in [2.45, 2.75) is 19.4 Å². The fourth-order valence-corrected chi connectivity index (χ4v) is 1.96. The van der Waals surface area contributed by atoms with Gasteiger partial charge in [-0.15, -0.1) is 0 Å². The van der Waals surface area contributed by atoms with Crippen LogP contribution in [0.1, 0.15) is 13.8 Å². The minimum absolute atomic E-state index is 0.0133. The van der Waals surface area contributed by atoms with Gasteiger partial charge in [0.2, 0.25) is 0 Å². The molecule has 0 aliphatic rings. The second kappa shape index (κ2) is 7.23. The summed E-state index contributed by atoms with van der Waals surface area (Å²) in [5.74, 6) is -0.990. The van der Waals surface area contributed by atoms with Crippen molar-refractivity contribution < 1.29 is 22.7 Å². The molecule has 0 saturated carbocycles. The number of nitrogens with one attached hydrogen (secondary N) is 1. The fourth-order valence-electron chi connectivity index (χ4n) is 1.38. The van der Waals surface area contributed by atoms with Crippen LogP contribution in [0.3, 0.4) is 0 Å². The number of carbonyl (C=O) groups excluding carboxylic acids is 1. The highest BCUT2D eigenvalue weighted by molar-refractivity contribution is 8.04. The molecule has 0 aromatic heterocycles.